The van der Waals surface area contributed by atoms with Crippen molar-refractivity contribution >= 4 is 0 Å². The van der Waals surface area contributed by atoms with Gasteiger partial charge in [-0.05, 0) is 50.4 Å². The Bertz CT molecular complexity index is 471. The predicted molar refractivity (Wildman–Crippen MR) is 70.8 cm³/mol. The standard InChI is InChI=1S/C15H19F3N2/c1-20(12-6-10-2-3-11(7-12)19-10)8-9-4-13(16)15(18)14(17)5-9/h4-5,10-12,19H,2-3,6-8H2,1H3. The second-order valence-electron chi connectivity index (χ2n) is 6.05. The first-order valence-corrected chi connectivity index (χ1v) is 7.12. The zero-order valence-corrected chi connectivity index (χ0v) is 11.5. The van der Waals surface area contributed by atoms with Crippen molar-refractivity contribution in [3.8, 4) is 0 Å². The van der Waals surface area contributed by atoms with Gasteiger partial charge in [0, 0.05) is 24.7 Å². The molecule has 2 heterocycles. The second kappa shape index (κ2) is 5.37. The summed E-state index contributed by atoms with van der Waals surface area (Å²) in [5, 5.41) is 3.57. The maximum atomic E-state index is 13.2. The Labute approximate surface area is 117 Å². The molecule has 0 saturated carbocycles. The zero-order chi connectivity index (χ0) is 14.3. The van der Waals surface area contributed by atoms with Crippen LogP contribution in [0.3, 0.4) is 0 Å². The molecule has 3 rings (SSSR count). The normalized spacial score (nSPS) is 29.1. The van der Waals surface area contributed by atoms with Gasteiger partial charge in [0.25, 0.3) is 0 Å². The monoisotopic (exact) mass is 284 g/mol. The number of benzene rings is 1. The summed E-state index contributed by atoms with van der Waals surface area (Å²) in [4.78, 5) is 2.12. The lowest BCUT2D eigenvalue weighted by molar-refractivity contribution is 0.165. The summed E-state index contributed by atoms with van der Waals surface area (Å²) in [7, 11) is 1.97. The summed E-state index contributed by atoms with van der Waals surface area (Å²) < 4.78 is 39.4. The van der Waals surface area contributed by atoms with E-state index in [1.54, 1.807) is 0 Å². The van der Waals surface area contributed by atoms with Gasteiger partial charge in [0.1, 0.15) is 0 Å². The number of rotatable bonds is 3. The van der Waals surface area contributed by atoms with Crippen molar-refractivity contribution < 1.29 is 13.2 Å². The Hall–Kier alpha value is -1.07. The fraction of sp³-hybridized carbons (Fsp3) is 0.600. The molecule has 2 saturated heterocycles. The van der Waals surface area contributed by atoms with E-state index in [0.29, 0.717) is 30.2 Å². The van der Waals surface area contributed by atoms with Crippen LogP contribution in [0.4, 0.5) is 13.2 Å². The van der Waals surface area contributed by atoms with Crippen molar-refractivity contribution in [2.24, 2.45) is 0 Å². The molecule has 1 aromatic carbocycles. The fourth-order valence-corrected chi connectivity index (χ4v) is 3.50. The molecule has 2 bridgehead atoms. The van der Waals surface area contributed by atoms with Crippen LogP contribution in [0.25, 0.3) is 0 Å². The minimum Gasteiger partial charge on any atom is -0.311 e. The number of fused-ring (bicyclic) bond motifs is 2. The van der Waals surface area contributed by atoms with E-state index >= 15 is 0 Å². The molecule has 0 aromatic heterocycles. The smallest absolute Gasteiger partial charge is 0.194 e. The lowest BCUT2D eigenvalue weighted by atomic mass is 9.98. The largest absolute Gasteiger partial charge is 0.311 e. The van der Waals surface area contributed by atoms with Crippen LogP contribution in [0.2, 0.25) is 0 Å². The van der Waals surface area contributed by atoms with Crippen LogP contribution < -0.4 is 5.32 Å². The molecule has 110 valence electrons. The number of nitrogens with zero attached hydrogens (tertiary/aromatic N) is 1. The molecule has 0 amide bonds. The summed E-state index contributed by atoms with van der Waals surface area (Å²) in [6.45, 7) is 0.443. The average molecular weight is 284 g/mol. The molecule has 0 radical (unpaired) electrons. The third kappa shape index (κ3) is 2.69. The minimum atomic E-state index is -1.39. The molecule has 20 heavy (non-hydrogen) atoms. The van der Waals surface area contributed by atoms with Crippen molar-refractivity contribution in [3.63, 3.8) is 0 Å². The van der Waals surface area contributed by atoms with E-state index in [4.69, 9.17) is 0 Å². The molecule has 2 nitrogen and oxygen atoms in total. The number of halogens is 3. The SMILES string of the molecule is CN(Cc1cc(F)c(F)c(F)c1)C1CC2CCC(C1)N2. The third-order valence-electron chi connectivity index (χ3n) is 4.55. The second-order valence-corrected chi connectivity index (χ2v) is 6.05. The summed E-state index contributed by atoms with van der Waals surface area (Å²) in [6, 6.07) is 3.74. The van der Waals surface area contributed by atoms with Gasteiger partial charge in [0.15, 0.2) is 17.5 Å². The van der Waals surface area contributed by atoms with Crippen LogP contribution >= 0.6 is 0 Å². The Morgan fingerprint density at radius 1 is 1.10 bits per heavy atom. The van der Waals surface area contributed by atoms with Gasteiger partial charge in [-0.3, -0.25) is 4.90 Å². The molecule has 0 aliphatic carbocycles. The van der Waals surface area contributed by atoms with E-state index in [0.717, 1.165) is 25.0 Å². The minimum absolute atomic E-state index is 0.421. The molecule has 1 N–H and O–H groups in total. The average Bonchev–Trinajstić information content (AvgIpc) is 2.74. The zero-order valence-electron chi connectivity index (χ0n) is 11.5. The molecule has 5 heteroatoms. The molecule has 1 aromatic rings. The quantitative estimate of drug-likeness (QED) is 0.859. The van der Waals surface area contributed by atoms with Gasteiger partial charge in [0.2, 0.25) is 0 Å². The lowest BCUT2D eigenvalue weighted by Gasteiger charge is -2.35. The molecule has 2 fully saturated rings. The Balaban J connectivity index is 1.68. The van der Waals surface area contributed by atoms with Crippen molar-refractivity contribution in [2.45, 2.75) is 50.4 Å². The van der Waals surface area contributed by atoms with Gasteiger partial charge < -0.3 is 5.32 Å². The van der Waals surface area contributed by atoms with Crippen LogP contribution in [0.1, 0.15) is 31.2 Å². The highest BCUT2D eigenvalue weighted by Gasteiger charge is 2.35. The van der Waals surface area contributed by atoms with Gasteiger partial charge in [-0.15, -0.1) is 0 Å². The van der Waals surface area contributed by atoms with Crippen LogP contribution in [-0.2, 0) is 6.54 Å². The van der Waals surface area contributed by atoms with Crippen molar-refractivity contribution in [1.82, 2.24) is 10.2 Å². The number of piperidine rings is 1. The van der Waals surface area contributed by atoms with Crippen LogP contribution in [-0.4, -0.2) is 30.1 Å². The van der Waals surface area contributed by atoms with Crippen molar-refractivity contribution in [3.05, 3.63) is 35.1 Å². The summed E-state index contributed by atoms with van der Waals surface area (Å²) in [5.41, 5.74) is 0.481. The van der Waals surface area contributed by atoms with E-state index in [2.05, 4.69) is 10.2 Å². The van der Waals surface area contributed by atoms with Crippen LogP contribution in [0, 0.1) is 17.5 Å². The summed E-state index contributed by atoms with van der Waals surface area (Å²) in [5.74, 6) is -3.62. The Morgan fingerprint density at radius 3 is 2.20 bits per heavy atom. The molecule has 2 aliphatic heterocycles. The predicted octanol–water partition coefficient (Wildman–Crippen LogP) is 2.82. The van der Waals surface area contributed by atoms with Crippen LogP contribution in [0.15, 0.2) is 12.1 Å². The lowest BCUT2D eigenvalue weighted by Crippen LogP contribution is -2.46. The highest BCUT2D eigenvalue weighted by atomic mass is 19.2. The first-order valence-electron chi connectivity index (χ1n) is 7.12. The van der Waals surface area contributed by atoms with Crippen molar-refractivity contribution in [2.75, 3.05) is 7.05 Å². The molecular weight excluding hydrogens is 265 g/mol. The van der Waals surface area contributed by atoms with E-state index in [-0.39, 0.29) is 0 Å². The Kier molecular flexibility index (Phi) is 3.73. The van der Waals surface area contributed by atoms with Gasteiger partial charge in [-0.1, -0.05) is 0 Å². The van der Waals surface area contributed by atoms with E-state index < -0.39 is 17.5 Å². The van der Waals surface area contributed by atoms with E-state index in [1.807, 2.05) is 7.05 Å². The van der Waals surface area contributed by atoms with E-state index in [9.17, 15) is 13.2 Å². The van der Waals surface area contributed by atoms with Crippen LogP contribution in [0.5, 0.6) is 0 Å². The molecule has 2 unspecified atom stereocenters. The first kappa shape index (κ1) is 13.9. The highest BCUT2D eigenvalue weighted by Crippen LogP contribution is 2.30. The summed E-state index contributed by atoms with van der Waals surface area (Å²) >= 11 is 0. The van der Waals surface area contributed by atoms with Gasteiger partial charge in [-0.2, -0.15) is 0 Å². The van der Waals surface area contributed by atoms with Gasteiger partial charge in [0.05, 0.1) is 0 Å². The number of nitrogens with one attached hydrogen (secondary N) is 1. The van der Waals surface area contributed by atoms with E-state index in [1.165, 1.54) is 12.8 Å². The third-order valence-corrected chi connectivity index (χ3v) is 4.55. The maximum Gasteiger partial charge on any atom is 0.194 e. The van der Waals surface area contributed by atoms with Crippen molar-refractivity contribution in [1.29, 1.82) is 0 Å². The number of hydrogen-bond acceptors (Lipinski definition) is 2. The molecule has 0 spiro atoms. The number of hydrogen-bond donors (Lipinski definition) is 1. The fourth-order valence-electron chi connectivity index (χ4n) is 3.50. The Morgan fingerprint density at radius 2 is 1.65 bits per heavy atom. The topological polar surface area (TPSA) is 15.3 Å². The summed E-state index contributed by atoms with van der Waals surface area (Å²) in [6.07, 6.45) is 4.57. The molecule has 2 aliphatic rings. The maximum absolute atomic E-state index is 13.2. The first-order chi connectivity index (χ1) is 9.52. The highest BCUT2D eigenvalue weighted by molar-refractivity contribution is 5.19. The van der Waals surface area contributed by atoms with Gasteiger partial charge >= 0.3 is 0 Å². The molecular formula is C15H19F3N2. The van der Waals surface area contributed by atoms with Gasteiger partial charge in [-0.25, -0.2) is 13.2 Å². The molecule has 2 atom stereocenters.